The maximum absolute atomic E-state index is 8.52. The molecule has 0 atom stereocenters. The van der Waals surface area contributed by atoms with Gasteiger partial charge in [0.2, 0.25) is 0 Å². The van der Waals surface area contributed by atoms with Gasteiger partial charge < -0.3 is 9.11 Å². The molecule has 61 valence electrons. The van der Waals surface area contributed by atoms with Gasteiger partial charge in [0.25, 0.3) is 0 Å². The van der Waals surface area contributed by atoms with Crippen molar-refractivity contribution in [3.05, 3.63) is 0 Å². The third-order valence-corrected chi connectivity index (χ3v) is 0. The molecule has 0 N–H and O–H groups in total. The first-order valence-electron chi connectivity index (χ1n) is 0.781. The van der Waals surface area contributed by atoms with Crippen molar-refractivity contribution in [2.75, 3.05) is 0 Å². The van der Waals surface area contributed by atoms with Crippen LogP contribution >= 0.6 is 9.19 Å². The van der Waals surface area contributed by atoms with Crippen molar-refractivity contribution in [3.8, 4) is 0 Å². The van der Waals surface area contributed by atoms with Crippen LogP contribution in [0.3, 0.4) is 0 Å². The summed E-state index contributed by atoms with van der Waals surface area (Å²) in [6.07, 6.45) is 0. The van der Waals surface area contributed by atoms with Crippen molar-refractivity contribution in [2.45, 2.75) is 0 Å². The summed E-state index contributed by atoms with van der Waals surface area (Å²) in [5.74, 6) is 0. The Labute approximate surface area is 78.8 Å². The van der Waals surface area contributed by atoms with Crippen LogP contribution in [0.15, 0.2) is 0 Å². The summed E-state index contributed by atoms with van der Waals surface area (Å²) in [4.78, 5) is 0. The summed E-state index contributed by atoms with van der Waals surface area (Å²) < 4.78 is 34.1. The molecule has 0 bridgehead atoms. The first-order chi connectivity index (χ1) is 3.00. The van der Waals surface area contributed by atoms with E-state index in [0.717, 1.165) is 0 Å². The van der Waals surface area contributed by atoms with Gasteiger partial charge in [0, 0.05) is 32.8 Å². The number of rotatable bonds is 0. The fraction of sp³-hybridized carbons (Fsp3) is 0. The molecule has 0 fully saturated rings. The second-order valence-electron chi connectivity index (χ2n) is 0.408. The van der Waals surface area contributed by atoms with Crippen molar-refractivity contribution in [2.24, 2.45) is 0 Å². The molecular formula is Ag2ClO4S-2. The van der Waals surface area contributed by atoms with Crippen molar-refractivity contribution in [1.29, 1.82) is 0 Å². The van der Waals surface area contributed by atoms with E-state index in [1.807, 2.05) is 0 Å². The fourth-order valence-corrected chi connectivity index (χ4v) is 0. The number of halogens is 1. The summed E-state index contributed by atoms with van der Waals surface area (Å²) >= 11 is 2.42. The first-order valence-corrected chi connectivity index (χ1v) is 4.02. The predicted octanol–water partition coefficient (Wildman–Crippen LogP) is -0.653. The Morgan fingerprint density at radius 2 is 1.25 bits per heavy atom. The molecule has 0 aliphatic carbocycles. The molecule has 0 aromatic rings. The van der Waals surface area contributed by atoms with Crippen LogP contribution in [-0.4, -0.2) is 17.5 Å². The third kappa shape index (κ3) is 125. The Morgan fingerprint density at radius 3 is 1.25 bits per heavy atom. The van der Waals surface area contributed by atoms with Gasteiger partial charge in [0.1, 0.15) is 0 Å². The van der Waals surface area contributed by atoms with Gasteiger partial charge in [0.05, 0.1) is 0 Å². The second kappa shape index (κ2) is 8.64. The molecule has 8 heavy (non-hydrogen) atoms. The van der Waals surface area contributed by atoms with Crippen LogP contribution < -0.4 is 0 Å². The molecule has 8 heteroatoms. The molecule has 0 aliphatic rings. The summed E-state index contributed by atoms with van der Waals surface area (Å²) in [7, 11) is -0.718. The van der Waals surface area contributed by atoms with Crippen molar-refractivity contribution >= 4 is 19.6 Å². The van der Waals surface area contributed by atoms with E-state index in [1.54, 1.807) is 0 Å². The Bertz CT molecular complexity index is 97.2. The topological polar surface area (TPSA) is 80.3 Å². The van der Waals surface area contributed by atoms with Crippen LogP contribution in [0.4, 0.5) is 0 Å². The Hall–Kier alpha value is 1.64. The number of hydrogen-bond acceptors (Lipinski definition) is 4. The zero-order valence-electron chi connectivity index (χ0n) is 3.02. The van der Waals surface area contributed by atoms with Crippen LogP contribution in [0.2, 0.25) is 0 Å². The van der Waals surface area contributed by atoms with Gasteiger partial charge in [-0.2, -0.15) is 0 Å². The predicted molar refractivity (Wildman–Crippen MR) is 16.3 cm³/mol. The molecular weight excluding hydrogens is 347 g/mol. The van der Waals surface area contributed by atoms with Gasteiger partial charge in [-0.1, -0.05) is 0 Å². The molecule has 0 aliphatic heterocycles. The first kappa shape index (κ1) is 16.3. The molecule has 4 nitrogen and oxygen atoms in total. The Kier molecular flexibility index (Phi) is 17.6. The standard InChI is InChI=1S/2Ag.ClH.H2O4S/c;;;1-5(2,3)4/h;;1H;(H2,1,2,3,4)/q;+1;;/p-3. The SMILES string of the molecule is O=S(=O)([O-])[O-].[Ag].[Cl][Ag]. The molecule has 0 rings (SSSR count). The van der Waals surface area contributed by atoms with Crippen LogP contribution in [0, 0.1) is 0 Å². The van der Waals surface area contributed by atoms with E-state index in [2.05, 4.69) is 29.2 Å². The molecule has 0 amide bonds. The normalized spacial score (nSPS) is 8.12. The van der Waals surface area contributed by atoms with E-state index in [4.69, 9.17) is 17.5 Å². The van der Waals surface area contributed by atoms with E-state index in [0.29, 0.717) is 0 Å². The minimum absolute atomic E-state index is 0. The van der Waals surface area contributed by atoms with Crippen LogP contribution in [-0.2, 0) is 52.8 Å². The van der Waals surface area contributed by atoms with Gasteiger partial charge >= 0.3 is 29.2 Å². The zero-order chi connectivity index (χ0) is 6.50. The quantitative estimate of drug-likeness (QED) is 0.331. The average molecular weight is 347 g/mol. The second-order valence-corrected chi connectivity index (χ2v) is 1.22. The fourth-order valence-electron chi connectivity index (χ4n) is 0. The Morgan fingerprint density at radius 1 is 1.25 bits per heavy atom. The monoisotopic (exact) mass is 345 g/mol. The summed E-state index contributed by atoms with van der Waals surface area (Å²) in [6, 6.07) is 0. The van der Waals surface area contributed by atoms with Gasteiger partial charge in [-0.05, 0) is 0 Å². The summed E-state index contributed by atoms with van der Waals surface area (Å²) in [6.45, 7) is 0. The third-order valence-electron chi connectivity index (χ3n) is 0. The van der Waals surface area contributed by atoms with Gasteiger partial charge in [-0.15, -0.1) is 0 Å². The van der Waals surface area contributed by atoms with Crippen LogP contribution in [0.5, 0.6) is 0 Å². The van der Waals surface area contributed by atoms with E-state index in [1.165, 1.54) is 0 Å². The van der Waals surface area contributed by atoms with Gasteiger partial charge in [-0.3, -0.25) is 8.42 Å². The molecule has 0 aromatic heterocycles. The zero-order valence-corrected chi connectivity index (χ0v) is 7.56. The summed E-state index contributed by atoms with van der Waals surface area (Å²) in [5.41, 5.74) is 0. The van der Waals surface area contributed by atoms with E-state index >= 15 is 0 Å². The van der Waals surface area contributed by atoms with Crippen LogP contribution in [0.1, 0.15) is 0 Å². The van der Waals surface area contributed by atoms with Crippen molar-refractivity contribution in [1.82, 2.24) is 0 Å². The molecule has 0 spiro atoms. The molecule has 1 radical (unpaired) electrons. The van der Waals surface area contributed by atoms with Crippen molar-refractivity contribution in [3.63, 3.8) is 0 Å². The van der Waals surface area contributed by atoms with Crippen molar-refractivity contribution < 1.29 is 59.9 Å². The molecule has 0 heterocycles. The van der Waals surface area contributed by atoms with E-state index < -0.39 is 10.4 Å². The molecule has 0 aromatic carbocycles. The minimum atomic E-state index is -5.17. The summed E-state index contributed by atoms with van der Waals surface area (Å²) in [5, 5.41) is 0. The van der Waals surface area contributed by atoms with E-state index in [-0.39, 0.29) is 22.4 Å². The van der Waals surface area contributed by atoms with E-state index in [9.17, 15) is 0 Å². The van der Waals surface area contributed by atoms with Gasteiger partial charge in [0.15, 0.2) is 0 Å². The maximum atomic E-state index is 8.52. The molecule has 0 unspecified atom stereocenters. The van der Waals surface area contributed by atoms with Crippen LogP contribution in [0.25, 0.3) is 0 Å². The average Bonchev–Trinajstić information content (AvgIpc) is 1.36. The van der Waals surface area contributed by atoms with Gasteiger partial charge in [-0.25, -0.2) is 0 Å². The molecule has 0 saturated heterocycles. The molecule has 0 saturated carbocycles. The number of hydrogen-bond donors (Lipinski definition) is 0. The Balaban J connectivity index is -0.0000000750.